The Bertz CT molecular complexity index is 783. The molecule has 0 aliphatic carbocycles. The quantitative estimate of drug-likeness (QED) is 0.844. The van der Waals surface area contributed by atoms with Crippen LogP contribution in [0.2, 0.25) is 0 Å². The second kappa shape index (κ2) is 4.51. The first-order chi connectivity index (χ1) is 9.66. The molecule has 21 heavy (non-hydrogen) atoms. The van der Waals surface area contributed by atoms with Gasteiger partial charge in [0.1, 0.15) is 5.52 Å². The van der Waals surface area contributed by atoms with Gasteiger partial charge in [-0.3, -0.25) is 4.98 Å². The highest BCUT2D eigenvalue weighted by Crippen LogP contribution is 2.29. The normalized spacial score (nSPS) is 18.1. The van der Waals surface area contributed by atoms with Gasteiger partial charge in [0.15, 0.2) is 0 Å². The Balaban J connectivity index is 1.94. The Morgan fingerprint density at radius 2 is 1.90 bits per heavy atom. The molecule has 7 heteroatoms. The van der Waals surface area contributed by atoms with E-state index in [1.165, 1.54) is 10.6 Å². The summed E-state index contributed by atoms with van der Waals surface area (Å²) in [4.78, 5) is 8.83. The predicted molar refractivity (Wildman–Crippen MR) is 81.7 cm³/mol. The van der Waals surface area contributed by atoms with E-state index in [0.29, 0.717) is 13.1 Å². The van der Waals surface area contributed by atoms with Crippen molar-refractivity contribution in [2.24, 2.45) is 0 Å². The maximum atomic E-state index is 11.5. The van der Waals surface area contributed by atoms with Crippen LogP contribution in [-0.2, 0) is 15.4 Å². The van der Waals surface area contributed by atoms with E-state index < -0.39 is 10.0 Å². The lowest BCUT2D eigenvalue weighted by Gasteiger charge is -2.38. The largest absolute Gasteiger partial charge is 0.325 e. The van der Waals surface area contributed by atoms with Gasteiger partial charge in [0.05, 0.1) is 30.3 Å². The first-order valence-electron chi connectivity index (χ1n) is 6.94. The summed E-state index contributed by atoms with van der Waals surface area (Å²) in [5.41, 5.74) is 2.85. The van der Waals surface area contributed by atoms with Crippen molar-refractivity contribution in [2.45, 2.75) is 32.2 Å². The highest BCUT2D eigenvalue weighted by molar-refractivity contribution is 7.88. The first-order valence-corrected chi connectivity index (χ1v) is 8.79. The molecule has 1 saturated heterocycles. The van der Waals surface area contributed by atoms with Crippen molar-refractivity contribution in [2.75, 3.05) is 19.3 Å². The van der Waals surface area contributed by atoms with Gasteiger partial charge in [0, 0.05) is 24.2 Å². The van der Waals surface area contributed by atoms with Gasteiger partial charge < -0.3 is 4.57 Å². The molecular weight excluding hydrogens is 288 g/mol. The van der Waals surface area contributed by atoms with Gasteiger partial charge in [-0.05, 0) is 6.07 Å². The Labute approximate surface area is 124 Å². The zero-order valence-electron chi connectivity index (χ0n) is 12.7. The van der Waals surface area contributed by atoms with E-state index in [9.17, 15) is 8.42 Å². The van der Waals surface area contributed by atoms with E-state index in [0.717, 1.165) is 16.7 Å². The number of hydrogen-bond acceptors (Lipinski definition) is 4. The predicted octanol–water partition coefficient (Wildman–Crippen LogP) is 1.55. The molecule has 0 unspecified atom stereocenters. The lowest BCUT2D eigenvalue weighted by atomic mass is 9.91. The third kappa shape index (κ3) is 2.55. The zero-order chi connectivity index (χ0) is 15.4. The number of pyridine rings is 1. The SMILES string of the molecule is CC(C)(C)c1cc2c(cn1)ncn2C1CN(S(C)(=O)=O)C1. The molecule has 114 valence electrons. The highest BCUT2D eigenvalue weighted by atomic mass is 32.2. The maximum Gasteiger partial charge on any atom is 0.211 e. The number of nitrogens with zero attached hydrogens (tertiary/aromatic N) is 4. The minimum absolute atomic E-state index is 0.0261. The van der Waals surface area contributed by atoms with Gasteiger partial charge in [-0.15, -0.1) is 0 Å². The van der Waals surface area contributed by atoms with Crippen LogP contribution in [-0.4, -0.2) is 46.6 Å². The maximum absolute atomic E-state index is 11.5. The van der Waals surface area contributed by atoms with Crippen molar-refractivity contribution in [1.82, 2.24) is 18.8 Å². The molecule has 0 aromatic carbocycles. The van der Waals surface area contributed by atoms with Crippen molar-refractivity contribution in [3.05, 3.63) is 24.3 Å². The summed E-state index contributed by atoms with van der Waals surface area (Å²) in [5.74, 6) is 0. The molecule has 0 amide bonds. The molecule has 2 aromatic heterocycles. The summed E-state index contributed by atoms with van der Waals surface area (Å²) in [6.45, 7) is 7.39. The summed E-state index contributed by atoms with van der Waals surface area (Å²) in [6, 6.07) is 2.21. The number of hydrogen-bond donors (Lipinski definition) is 0. The smallest absolute Gasteiger partial charge is 0.211 e. The molecule has 0 bridgehead atoms. The number of sulfonamides is 1. The Morgan fingerprint density at radius 1 is 1.24 bits per heavy atom. The van der Waals surface area contributed by atoms with E-state index in [2.05, 4.69) is 41.4 Å². The molecule has 3 rings (SSSR count). The van der Waals surface area contributed by atoms with Gasteiger partial charge in [-0.1, -0.05) is 20.8 Å². The fraction of sp³-hybridized carbons (Fsp3) is 0.571. The first kappa shape index (κ1) is 14.5. The van der Waals surface area contributed by atoms with Crippen molar-refractivity contribution in [3.8, 4) is 0 Å². The molecule has 3 heterocycles. The van der Waals surface area contributed by atoms with Gasteiger partial charge in [-0.2, -0.15) is 4.31 Å². The van der Waals surface area contributed by atoms with Gasteiger partial charge in [0.25, 0.3) is 0 Å². The average molecular weight is 308 g/mol. The fourth-order valence-electron chi connectivity index (χ4n) is 2.49. The Morgan fingerprint density at radius 3 is 2.48 bits per heavy atom. The van der Waals surface area contributed by atoms with Crippen LogP contribution in [0.1, 0.15) is 32.5 Å². The monoisotopic (exact) mass is 308 g/mol. The topological polar surface area (TPSA) is 68.1 Å². The standard InChI is InChI=1S/C14H20N4O2S/c1-14(2,3)13-5-12-11(6-15-13)16-9-18(12)10-7-17(8-10)21(4,19)20/h5-6,9-10H,7-8H2,1-4H3. The second-order valence-electron chi connectivity index (χ2n) is 6.69. The van der Waals surface area contributed by atoms with E-state index >= 15 is 0 Å². The van der Waals surface area contributed by atoms with E-state index in [1.807, 2.05) is 0 Å². The van der Waals surface area contributed by atoms with Crippen LogP contribution in [0.15, 0.2) is 18.6 Å². The number of rotatable bonds is 2. The van der Waals surface area contributed by atoms with Crippen molar-refractivity contribution in [1.29, 1.82) is 0 Å². The lowest BCUT2D eigenvalue weighted by molar-refractivity contribution is 0.209. The van der Waals surface area contributed by atoms with Gasteiger partial charge in [-0.25, -0.2) is 13.4 Å². The van der Waals surface area contributed by atoms with Crippen LogP contribution >= 0.6 is 0 Å². The molecule has 0 spiro atoms. The molecular formula is C14H20N4O2S. The van der Waals surface area contributed by atoms with Crippen molar-refractivity contribution < 1.29 is 8.42 Å². The summed E-state index contributed by atoms with van der Waals surface area (Å²) >= 11 is 0. The second-order valence-corrected chi connectivity index (χ2v) is 8.68. The summed E-state index contributed by atoms with van der Waals surface area (Å²) in [5, 5.41) is 0. The van der Waals surface area contributed by atoms with E-state index in [1.54, 1.807) is 12.5 Å². The number of fused-ring (bicyclic) bond motifs is 1. The Kier molecular flexibility index (Phi) is 3.11. The van der Waals surface area contributed by atoms with Crippen LogP contribution in [0.25, 0.3) is 11.0 Å². The summed E-state index contributed by atoms with van der Waals surface area (Å²) < 4.78 is 26.5. The average Bonchev–Trinajstić information content (AvgIpc) is 2.67. The molecule has 0 radical (unpaired) electrons. The third-order valence-corrected chi connectivity index (χ3v) is 5.16. The van der Waals surface area contributed by atoms with Crippen LogP contribution < -0.4 is 0 Å². The Hall–Kier alpha value is -1.47. The van der Waals surface area contributed by atoms with Gasteiger partial charge >= 0.3 is 0 Å². The summed E-state index contributed by atoms with van der Waals surface area (Å²) in [6.07, 6.45) is 4.82. The molecule has 6 nitrogen and oxygen atoms in total. The van der Waals surface area contributed by atoms with Crippen LogP contribution in [0.5, 0.6) is 0 Å². The molecule has 0 N–H and O–H groups in total. The minimum atomic E-state index is -3.09. The number of imidazole rings is 1. The minimum Gasteiger partial charge on any atom is -0.325 e. The molecule has 1 aliphatic heterocycles. The van der Waals surface area contributed by atoms with Crippen LogP contribution in [0.3, 0.4) is 0 Å². The van der Waals surface area contributed by atoms with Gasteiger partial charge in [0.2, 0.25) is 10.0 Å². The van der Waals surface area contributed by atoms with Crippen molar-refractivity contribution >= 4 is 21.1 Å². The molecule has 2 aromatic rings. The lowest BCUT2D eigenvalue weighted by Crippen LogP contribution is -2.50. The number of aromatic nitrogens is 3. The van der Waals surface area contributed by atoms with Crippen molar-refractivity contribution in [3.63, 3.8) is 0 Å². The molecule has 1 fully saturated rings. The fourth-order valence-corrected chi connectivity index (χ4v) is 3.38. The van der Waals surface area contributed by atoms with E-state index in [4.69, 9.17) is 0 Å². The third-order valence-electron chi connectivity index (χ3n) is 3.92. The summed E-state index contributed by atoms with van der Waals surface area (Å²) in [7, 11) is -3.09. The van der Waals surface area contributed by atoms with E-state index in [-0.39, 0.29) is 11.5 Å². The molecule has 0 atom stereocenters. The zero-order valence-corrected chi connectivity index (χ0v) is 13.6. The molecule has 0 saturated carbocycles. The molecule has 1 aliphatic rings. The highest BCUT2D eigenvalue weighted by Gasteiger charge is 2.35. The van der Waals surface area contributed by atoms with Crippen LogP contribution in [0.4, 0.5) is 0 Å². The van der Waals surface area contributed by atoms with Crippen LogP contribution in [0, 0.1) is 0 Å².